The van der Waals surface area contributed by atoms with Crippen molar-refractivity contribution in [2.24, 2.45) is 0 Å². The predicted octanol–water partition coefficient (Wildman–Crippen LogP) is 1.92. The summed E-state index contributed by atoms with van der Waals surface area (Å²) in [4.78, 5) is 0. The third kappa shape index (κ3) is 2.80. The number of anilines is 1. The molecule has 0 atom stereocenters. The topological polar surface area (TPSA) is 67.6 Å². The van der Waals surface area contributed by atoms with Crippen molar-refractivity contribution in [3.63, 3.8) is 0 Å². The van der Waals surface area contributed by atoms with Crippen molar-refractivity contribution in [3.05, 3.63) is 11.3 Å². The van der Waals surface area contributed by atoms with Crippen molar-refractivity contribution in [2.45, 2.75) is 18.9 Å². The second-order valence-corrected chi connectivity index (χ2v) is 2.99. The number of nitrogens with two attached hydrogens (primary N) is 1. The molecular weight excluding hydrogens is 254 g/mol. The quantitative estimate of drug-likeness (QED) is 0.782. The van der Waals surface area contributed by atoms with Crippen molar-refractivity contribution < 1.29 is 26.3 Å². The molecule has 2 N–H and O–H groups in total. The number of nitriles is 1. The monoisotopic (exact) mass is 258 g/mol. The van der Waals surface area contributed by atoms with E-state index >= 15 is 0 Å². The molecule has 10 heteroatoms. The maximum absolute atomic E-state index is 12.3. The van der Waals surface area contributed by atoms with Crippen molar-refractivity contribution in [2.75, 3.05) is 5.73 Å². The summed E-state index contributed by atoms with van der Waals surface area (Å²) in [6.45, 7) is -1.79. The molecule has 0 saturated carbocycles. The molecule has 1 heterocycles. The lowest BCUT2D eigenvalue weighted by Gasteiger charge is -2.07. The number of aromatic nitrogens is 2. The summed E-state index contributed by atoms with van der Waals surface area (Å²) < 4.78 is 72.7. The van der Waals surface area contributed by atoms with E-state index in [1.165, 1.54) is 0 Å². The summed E-state index contributed by atoms with van der Waals surface area (Å²) in [5.41, 5.74) is 2.17. The largest absolute Gasteiger partial charge is 0.436 e. The summed E-state index contributed by atoms with van der Waals surface area (Å²) >= 11 is 0. The molecule has 0 bridgehead atoms. The van der Waals surface area contributed by atoms with E-state index in [-0.39, 0.29) is 4.68 Å². The lowest BCUT2D eigenvalue weighted by atomic mass is 10.2. The van der Waals surface area contributed by atoms with Crippen LogP contribution in [0.1, 0.15) is 11.3 Å². The SMILES string of the molecule is N#Cc1c(C(F)(F)F)nn(CC(F)(F)F)c1N. The fourth-order valence-electron chi connectivity index (χ4n) is 1.07. The highest BCUT2D eigenvalue weighted by Crippen LogP contribution is 2.34. The van der Waals surface area contributed by atoms with Crippen LogP contribution in [0.25, 0.3) is 0 Å². The van der Waals surface area contributed by atoms with Gasteiger partial charge in [-0.3, -0.25) is 0 Å². The van der Waals surface area contributed by atoms with Gasteiger partial charge in [0.15, 0.2) is 5.69 Å². The number of halogens is 6. The van der Waals surface area contributed by atoms with Crippen LogP contribution in [0.3, 0.4) is 0 Å². The second-order valence-electron chi connectivity index (χ2n) is 2.99. The Labute approximate surface area is 90.2 Å². The van der Waals surface area contributed by atoms with Gasteiger partial charge in [0.2, 0.25) is 0 Å². The summed E-state index contributed by atoms with van der Waals surface area (Å²) in [6.07, 6.45) is -9.81. The van der Waals surface area contributed by atoms with Crippen LogP contribution in [-0.2, 0) is 12.7 Å². The minimum atomic E-state index is -5.03. The van der Waals surface area contributed by atoms with Crippen molar-refractivity contribution in [3.8, 4) is 6.07 Å². The first-order valence-corrected chi connectivity index (χ1v) is 3.96. The third-order valence-electron chi connectivity index (χ3n) is 1.70. The molecular formula is C7H4F6N4. The smallest absolute Gasteiger partial charge is 0.383 e. The lowest BCUT2D eigenvalue weighted by molar-refractivity contribution is -0.148. The van der Waals surface area contributed by atoms with Gasteiger partial charge in [-0.05, 0) is 0 Å². The van der Waals surface area contributed by atoms with Gasteiger partial charge in [-0.1, -0.05) is 0 Å². The van der Waals surface area contributed by atoms with Gasteiger partial charge in [0.1, 0.15) is 24.0 Å². The van der Waals surface area contributed by atoms with Gasteiger partial charge in [-0.15, -0.1) is 0 Å². The molecule has 0 fully saturated rings. The third-order valence-corrected chi connectivity index (χ3v) is 1.70. The van der Waals surface area contributed by atoms with E-state index in [9.17, 15) is 26.3 Å². The van der Waals surface area contributed by atoms with E-state index in [2.05, 4.69) is 5.10 Å². The zero-order valence-electron chi connectivity index (χ0n) is 7.89. The van der Waals surface area contributed by atoms with Crippen LogP contribution in [0.5, 0.6) is 0 Å². The van der Waals surface area contributed by atoms with Crippen LogP contribution < -0.4 is 5.73 Å². The van der Waals surface area contributed by atoms with Gasteiger partial charge in [0.25, 0.3) is 0 Å². The number of alkyl halides is 6. The van der Waals surface area contributed by atoms with E-state index in [1.807, 2.05) is 0 Å². The Morgan fingerprint density at radius 3 is 2.06 bits per heavy atom. The molecule has 0 radical (unpaired) electrons. The summed E-state index contributed by atoms with van der Waals surface area (Å²) in [7, 11) is 0. The molecule has 0 aromatic carbocycles. The first kappa shape index (κ1) is 13.1. The standard InChI is InChI=1S/C7H4F6N4/c8-6(9,10)2-17-5(15)3(1-14)4(16-17)7(11,12)13/h2,15H2. The van der Waals surface area contributed by atoms with E-state index in [0.717, 1.165) is 6.07 Å². The molecule has 0 amide bonds. The number of nitrogens with zero attached hydrogens (tertiary/aromatic N) is 3. The highest BCUT2D eigenvalue weighted by Gasteiger charge is 2.40. The summed E-state index contributed by atoms with van der Waals surface area (Å²) in [5, 5.41) is 11.1. The maximum Gasteiger partial charge on any atom is 0.436 e. The number of hydrogen-bond donors (Lipinski definition) is 1. The highest BCUT2D eigenvalue weighted by atomic mass is 19.4. The van der Waals surface area contributed by atoms with Gasteiger partial charge in [-0.25, -0.2) is 4.68 Å². The van der Waals surface area contributed by atoms with E-state index in [0.29, 0.717) is 0 Å². The summed E-state index contributed by atoms with van der Waals surface area (Å²) in [6, 6.07) is 1.08. The number of nitrogen functional groups attached to an aromatic ring is 1. The zero-order chi connectivity index (χ0) is 13.4. The Kier molecular flexibility index (Phi) is 2.96. The lowest BCUT2D eigenvalue weighted by Crippen LogP contribution is -2.20. The maximum atomic E-state index is 12.3. The molecule has 94 valence electrons. The molecule has 1 aromatic heterocycles. The van der Waals surface area contributed by atoms with Gasteiger partial charge in [-0.2, -0.15) is 36.7 Å². The Hall–Kier alpha value is -1.92. The zero-order valence-corrected chi connectivity index (χ0v) is 7.89. The van der Waals surface area contributed by atoms with E-state index in [1.54, 1.807) is 0 Å². The van der Waals surface area contributed by atoms with Crippen molar-refractivity contribution in [1.82, 2.24) is 9.78 Å². The Morgan fingerprint density at radius 2 is 1.76 bits per heavy atom. The second kappa shape index (κ2) is 3.83. The van der Waals surface area contributed by atoms with Gasteiger partial charge in [0, 0.05) is 0 Å². The van der Waals surface area contributed by atoms with Crippen LogP contribution in [-0.4, -0.2) is 16.0 Å². The Morgan fingerprint density at radius 1 is 1.24 bits per heavy atom. The molecule has 0 aliphatic rings. The van der Waals surface area contributed by atoms with Crippen LogP contribution in [0, 0.1) is 11.3 Å². The van der Waals surface area contributed by atoms with Gasteiger partial charge in [0.05, 0.1) is 0 Å². The molecule has 0 spiro atoms. The van der Waals surface area contributed by atoms with Crippen molar-refractivity contribution in [1.29, 1.82) is 5.26 Å². The molecule has 0 saturated heterocycles. The van der Waals surface area contributed by atoms with E-state index < -0.39 is 36.0 Å². The molecule has 1 aromatic rings. The van der Waals surface area contributed by atoms with Crippen LogP contribution in [0.15, 0.2) is 0 Å². The van der Waals surface area contributed by atoms with Crippen molar-refractivity contribution >= 4 is 5.82 Å². The van der Waals surface area contributed by atoms with Gasteiger partial charge < -0.3 is 5.73 Å². The van der Waals surface area contributed by atoms with Gasteiger partial charge >= 0.3 is 12.4 Å². The first-order valence-electron chi connectivity index (χ1n) is 3.96. The molecule has 1 rings (SSSR count). The normalized spacial score (nSPS) is 12.5. The average Bonchev–Trinajstić information content (AvgIpc) is 2.40. The number of rotatable bonds is 1. The molecule has 4 nitrogen and oxygen atoms in total. The van der Waals surface area contributed by atoms with Crippen LogP contribution in [0.2, 0.25) is 0 Å². The van der Waals surface area contributed by atoms with Crippen LogP contribution in [0.4, 0.5) is 32.2 Å². The molecule has 0 aliphatic carbocycles. The van der Waals surface area contributed by atoms with Crippen LogP contribution >= 0.6 is 0 Å². The number of hydrogen-bond acceptors (Lipinski definition) is 3. The minimum absolute atomic E-state index is 0.0959. The fraction of sp³-hybridized carbons (Fsp3) is 0.429. The highest BCUT2D eigenvalue weighted by molar-refractivity contribution is 5.52. The molecule has 0 aliphatic heterocycles. The predicted molar refractivity (Wildman–Crippen MR) is 42.4 cm³/mol. The summed E-state index contributed by atoms with van der Waals surface area (Å²) in [5.74, 6) is -0.961. The van der Waals surface area contributed by atoms with E-state index in [4.69, 9.17) is 11.0 Å². The Bertz CT molecular complexity index is 462. The first-order chi connectivity index (χ1) is 7.56. The minimum Gasteiger partial charge on any atom is -0.383 e. The molecule has 0 unspecified atom stereocenters. The Balaban J connectivity index is 3.30. The molecule has 17 heavy (non-hydrogen) atoms. The average molecular weight is 258 g/mol. The fourth-order valence-corrected chi connectivity index (χ4v) is 1.07.